The van der Waals surface area contributed by atoms with Gasteiger partial charge in [0.25, 0.3) is 11.8 Å². The summed E-state index contributed by atoms with van der Waals surface area (Å²) in [4.78, 5) is 27.6. The van der Waals surface area contributed by atoms with E-state index in [2.05, 4.69) is 23.3 Å². The van der Waals surface area contributed by atoms with Crippen LogP contribution >= 0.6 is 0 Å². The summed E-state index contributed by atoms with van der Waals surface area (Å²) in [5.74, 6) is -0.698. The molecule has 2 aromatic carbocycles. The summed E-state index contributed by atoms with van der Waals surface area (Å²) in [7, 11) is 0. The average Bonchev–Trinajstić information content (AvgIpc) is 3.30. The molecule has 2 saturated heterocycles. The number of nitrogens with zero attached hydrogens (tertiary/aromatic N) is 2. The summed E-state index contributed by atoms with van der Waals surface area (Å²) in [5.41, 5.74) is 7.93. The first-order chi connectivity index (χ1) is 13.1. The molecule has 0 radical (unpaired) electrons. The maximum atomic E-state index is 12.8. The van der Waals surface area contributed by atoms with Crippen molar-refractivity contribution in [3.05, 3.63) is 64.7 Å². The van der Waals surface area contributed by atoms with Crippen molar-refractivity contribution < 1.29 is 9.59 Å². The molecule has 0 unspecified atom stereocenters. The van der Waals surface area contributed by atoms with Crippen LogP contribution < -0.4 is 15.3 Å². The predicted octanol–water partition coefficient (Wildman–Crippen LogP) is 3.37. The maximum absolute atomic E-state index is 12.8. The summed E-state index contributed by atoms with van der Waals surface area (Å²) in [6, 6.07) is 13.2. The van der Waals surface area contributed by atoms with Crippen molar-refractivity contribution >= 4 is 29.3 Å². The molecule has 2 aliphatic heterocycles. The Morgan fingerprint density at radius 1 is 0.926 bits per heavy atom. The SMILES string of the molecule is Cc1c(/C=C2/C(=O)NN(c3ccccc3)C2=O)ccc(N2CCCC2)c1C. The smallest absolute Gasteiger partial charge is 0.282 e. The Kier molecular flexibility index (Phi) is 4.44. The van der Waals surface area contributed by atoms with Gasteiger partial charge in [0.2, 0.25) is 0 Å². The van der Waals surface area contributed by atoms with E-state index >= 15 is 0 Å². The molecule has 2 fully saturated rings. The molecule has 2 amide bonds. The molecule has 5 nitrogen and oxygen atoms in total. The van der Waals surface area contributed by atoms with Crippen LogP contribution in [0.2, 0.25) is 0 Å². The van der Waals surface area contributed by atoms with E-state index in [1.54, 1.807) is 18.2 Å². The van der Waals surface area contributed by atoms with E-state index in [-0.39, 0.29) is 17.4 Å². The Bertz CT molecular complexity index is 928. The molecule has 2 heterocycles. The number of carbonyl (C=O) groups excluding carboxylic acids is 2. The van der Waals surface area contributed by atoms with Crippen molar-refractivity contribution in [1.82, 2.24) is 5.43 Å². The van der Waals surface area contributed by atoms with Crippen LogP contribution in [-0.4, -0.2) is 24.9 Å². The Morgan fingerprint density at radius 3 is 2.33 bits per heavy atom. The molecule has 1 N–H and O–H groups in total. The van der Waals surface area contributed by atoms with E-state index in [9.17, 15) is 9.59 Å². The summed E-state index contributed by atoms with van der Waals surface area (Å²) in [6.07, 6.45) is 4.17. The molecule has 4 rings (SSSR count). The minimum absolute atomic E-state index is 0.162. The second kappa shape index (κ2) is 6.91. The van der Waals surface area contributed by atoms with Crippen LogP contribution in [0, 0.1) is 13.8 Å². The minimum Gasteiger partial charge on any atom is -0.371 e. The quantitative estimate of drug-likeness (QED) is 0.674. The third kappa shape index (κ3) is 3.10. The first kappa shape index (κ1) is 17.3. The average molecular weight is 361 g/mol. The molecule has 2 aromatic rings. The topological polar surface area (TPSA) is 52.7 Å². The lowest BCUT2D eigenvalue weighted by molar-refractivity contribution is -0.117. The zero-order valence-electron chi connectivity index (χ0n) is 15.7. The van der Waals surface area contributed by atoms with E-state index in [1.807, 2.05) is 31.2 Å². The molecule has 0 aliphatic carbocycles. The van der Waals surface area contributed by atoms with E-state index in [0.29, 0.717) is 5.69 Å². The second-order valence-corrected chi connectivity index (χ2v) is 7.09. The molecule has 0 spiro atoms. The van der Waals surface area contributed by atoms with Crippen LogP contribution in [0.4, 0.5) is 11.4 Å². The molecule has 27 heavy (non-hydrogen) atoms. The van der Waals surface area contributed by atoms with Crippen LogP contribution in [0.3, 0.4) is 0 Å². The highest BCUT2D eigenvalue weighted by Crippen LogP contribution is 2.30. The number of carbonyl (C=O) groups is 2. The van der Waals surface area contributed by atoms with Gasteiger partial charge in [-0.1, -0.05) is 24.3 Å². The van der Waals surface area contributed by atoms with Gasteiger partial charge in [0.15, 0.2) is 0 Å². The third-order valence-electron chi connectivity index (χ3n) is 5.45. The Balaban J connectivity index is 1.66. The third-order valence-corrected chi connectivity index (χ3v) is 5.45. The first-order valence-corrected chi connectivity index (χ1v) is 9.33. The fraction of sp³-hybridized carbons (Fsp3) is 0.273. The number of hydrogen-bond donors (Lipinski definition) is 1. The summed E-state index contributed by atoms with van der Waals surface area (Å²) in [6.45, 7) is 6.34. The summed E-state index contributed by atoms with van der Waals surface area (Å²) >= 11 is 0. The molecule has 138 valence electrons. The minimum atomic E-state index is -0.371. The highest BCUT2D eigenvalue weighted by molar-refractivity contribution is 6.31. The number of amides is 2. The lowest BCUT2D eigenvalue weighted by atomic mass is 9.98. The van der Waals surface area contributed by atoms with Gasteiger partial charge in [0.05, 0.1) is 5.69 Å². The van der Waals surface area contributed by atoms with E-state index in [4.69, 9.17) is 0 Å². The van der Waals surface area contributed by atoms with Gasteiger partial charge in [-0.15, -0.1) is 0 Å². The van der Waals surface area contributed by atoms with Crippen LogP contribution in [0.25, 0.3) is 6.08 Å². The van der Waals surface area contributed by atoms with E-state index < -0.39 is 0 Å². The Hall–Kier alpha value is -3.08. The van der Waals surface area contributed by atoms with Crippen molar-refractivity contribution in [3.8, 4) is 0 Å². The molecule has 0 atom stereocenters. The van der Waals surface area contributed by atoms with Gasteiger partial charge in [-0.2, -0.15) is 0 Å². The lowest BCUT2D eigenvalue weighted by Gasteiger charge is -2.22. The van der Waals surface area contributed by atoms with Gasteiger partial charge in [0, 0.05) is 18.8 Å². The van der Waals surface area contributed by atoms with Crippen LogP contribution in [0.15, 0.2) is 48.0 Å². The summed E-state index contributed by atoms with van der Waals surface area (Å²) in [5, 5.41) is 1.30. The molecule has 0 aromatic heterocycles. The fourth-order valence-corrected chi connectivity index (χ4v) is 3.76. The standard InChI is InChI=1S/C22H23N3O2/c1-15-16(2)20(24-12-6-7-13-24)11-10-17(15)14-19-21(26)23-25(22(19)27)18-8-4-3-5-9-18/h3-5,8-11,14H,6-7,12-13H2,1-2H3,(H,23,26)/b19-14-. The van der Waals surface area contributed by atoms with Crippen LogP contribution in [-0.2, 0) is 9.59 Å². The lowest BCUT2D eigenvalue weighted by Crippen LogP contribution is -2.35. The van der Waals surface area contributed by atoms with E-state index in [0.717, 1.165) is 24.2 Å². The molecule has 5 heteroatoms. The van der Waals surface area contributed by atoms with Crippen LogP contribution in [0.5, 0.6) is 0 Å². The van der Waals surface area contributed by atoms with Gasteiger partial charge >= 0.3 is 0 Å². The molecule has 0 bridgehead atoms. The number of hydrogen-bond acceptors (Lipinski definition) is 3. The van der Waals surface area contributed by atoms with Gasteiger partial charge in [-0.05, 0) is 67.7 Å². The van der Waals surface area contributed by atoms with Crippen molar-refractivity contribution in [1.29, 1.82) is 0 Å². The molecular formula is C22H23N3O2. The number of anilines is 2. The fourth-order valence-electron chi connectivity index (χ4n) is 3.76. The van der Waals surface area contributed by atoms with Gasteiger partial charge in [-0.25, -0.2) is 5.01 Å². The first-order valence-electron chi connectivity index (χ1n) is 9.33. The zero-order chi connectivity index (χ0) is 19.0. The zero-order valence-corrected chi connectivity index (χ0v) is 15.7. The predicted molar refractivity (Wildman–Crippen MR) is 107 cm³/mol. The number of hydrazine groups is 1. The van der Waals surface area contributed by atoms with Gasteiger partial charge < -0.3 is 4.90 Å². The molecule has 0 saturated carbocycles. The summed E-state index contributed by atoms with van der Waals surface area (Å²) < 4.78 is 0. The molecular weight excluding hydrogens is 338 g/mol. The van der Waals surface area contributed by atoms with Gasteiger partial charge in [0.1, 0.15) is 5.57 Å². The highest BCUT2D eigenvalue weighted by atomic mass is 16.2. The second-order valence-electron chi connectivity index (χ2n) is 7.09. The van der Waals surface area contributed by atoms with Crippen molar-refractivity contribution in [3.63, 3.8) is 0 Å². The number of nitrogens with one attached hydrogen (secondary N) is 1. The monoisotopic (exact) mass is 361 g/mol. The van der Waals surface area contributed by atoms with Crippen molar-refractivity contribution in [2.24, 2.45) is 0 Å². The molecule has 2 aliphatic rings. The normalized spacial score (nSPS) is 18.5. The highest BCUT2D eigenvalue weighted by Gasteiger charge is 2.34. The number of para-hydroxylation sites is 1. The number of benzene rings is 2. The van der Waals surface area contributed by atoms with E-state index in [1.165, 1.54) is 29.1 Å². The van der Waals surface area contributed by atoms with Crippen LogP contribution in [0.1, 0.15) is 29.5 Å². The largest absolute Gasteiger partial charge is 0.371 e. The van der Waals surface area contributed by atoms with Crippen molar-refractivity contribution in [2.45, 2.75) is 26.7 Å². The van der Waals surface area contributed by atoms with Gasteiger partial charge in [-0.3, -0.25) is 15.0 Å². The number of rotatable bonds is 3. The van der Waals surface area contributed by atoms with Crippen molar-refractivity contribution in [2.75, 3.05) is 23.0 Å². The maximum Gasteiger partial charge on any atom is 0.282 e. The Morgan fingerprint density at radius 2 is 1.63 bits per heavy atom. The Labute approximate surface area is 159 Å².